The summed E-state index contributed by atoms with van der Waals surface area (Å²) in [5.41, 5.74) is 0. The van der Waals surface area contributed by atoms with E-state index in [-0.39, 0.29) is 0 Å². The van der Waals surface area contributed by atoms with Crippen molar-refractivity contribution in [2.24, 2.45) is 0 Å². The Hall–Kier alpha value is -1.49. The third kappa shape index (κ3) is 2.67. The largest absolute Gasteiger partial charge is 0.487 e. The lowest BCUT2D eigenvalue weighted by Crippen LogP contribution is -2.07. The highest BCUT2D eigenvalue weighted by Gasteiger charge is 2.11. The highest BCUT2D eigenvalue weighted by atomic mass is 32.2. The van der Waals surface area contributed by atoms with Gasteiger partial charge in [-0.2, -0.15) is 0 Å². The minimum atomic E-state index is -2.53. The zero-order valence-corrected chi connectivity index (χ0v) is 10.5. The van der Waals surface area contributed by atoms with Crippen molar-refractivity contribution in [2.45, 2.75) is 11.3 Å². The molecule has 0 fully saturated rings. The Morgan fingerprint density at radius 2 is 1.89 bits per heavy atom. The number of hydrogen-bond donors (Lipinski definition) is 0. The van der Waals surface area contributed by atoms with Crippen LogP contribution in [0.4, 0.5) is 8.78 Å². The molecule has 0 aliphatic carbocycles. The van der Waals surface area contributed by atoms with Crippen molar-refractivity contribution >= 4 is 21.6 Å². The van der Waals surface area contributed by atoms with Crippen LogP contribution in [0.5, 0.6) is 5.75 Å². The molecule has 0 radical (unpaired) electrons. The first-order chi connectivity index (χ1) is 8.59. The minimum Gasteiger partial charge on any atom is -0.487 e. The van der Waals surface area contributed by atoms with Crippen LogP contribution in [0.1, 0.15) is 0 Å². The maximum absolute atomic E-state index is 12.2. The highest BCUT2D eigenvalue weighted by Crippen LogP contribution is 2.30. The summed E-state index contributed by atoms with van der Waals surface area (Å²) in [6, 6.07) is 10.5. The summed E-state index contributed by atoms with van der Waals surface area (Å²) in [5.74, 6) is 0.346. The van der Waals surface area contributed by atoms with Gasteiger partial charge in [-0.1, -0.05) is 24.3 Å². The Morgan fingerprint density at radius 3 is 2.50 bits per heavy atom. The van der Waals surface area contributed by atoms with Crippen molar-refractivity contribution in [3.05, 3.63) is 36.4 Å². The van der Waals surface area contributed by atoms with Crippen LogP contribution in [-0.2, 0) is 10.8 Å². The fourth-order valence-electron chi connectivity index (χ4n) is 1.79. The van der Waals surface area contributed by atoms with Crippen molar-refractivity contribution in [2.75, 3.05) is 12.9 Å². The zero-order valence-electron chi connectivity index (χ0n) is 9.73. The summed E-state index contributed by atoms with van der Waals surface area (Å²) in [7, 11) is -1.20. The van der Waals surface area contributed by atoms with E-state index in [1.807, 2.05) is 12.1 Å². The summed E-state index contributed by atoms with van der Waals surface area (Å²) >= 11 is 0. The van der Waals surface area contributed by atoms with E-state index in [0.717, 1.165) is 5.39 Å². The standard InChI is InChI=1S/C13H12F2O2S/c1-18(16)11-7-3-5-9-4-2-6-10(13(9)11)17-8-12(14)15/h2-7,12H,8H2,1H3. The third-order valence-corrected chi connectivity index (χ3v) is 3.46. The van der Waals surface area contributed by atoms with E-state index in [2.05, 4.69) is 0 Å². The van der Waals surface area contributed by atoms with E-state index < -0.39 is 23.8 Å². The molecule has 2 rings (SSSR count). The first kappa shape index (κ1) is 13.0. The number of benzene rings is 2. The van der Waals surface area contributed by atoms with E-state index in [9.17, 15) is 13.0 Å². The van der Waals surface area contributed by atoms with Crippen LogP contribution >= 0.6 is 0 Å². The summed E-state index contributed by atoms with van der Waals surface area (Å²) in [6.07, 6.45) is -0.974. The Morgan fingerprint density at radius 1 is 1.22 bits per heavy atom. The quantitative estimate of drug-likeness (QED) is 0.852. The Labute approximate surface area is 106 Å². The molecule has 0 aliphatic heterocycles. The molecule has 1 atom stereocenters. The molecule has 0 bridgehead atoms. The summed E-state index contributed by atoms with van der Waals surface area (Å²) in [4.78, 5) is 0.595. The molecular formula is C13H12F2O2S. The summed E-state index contributed by atoms with van der Waals surface area (Å²) in [6.45, 7) is -0.663. The average molecular weight is 270 g/mol. The summed E-state index contributed by atoms with van der Waals surface area (Å²) in [5, 5.41) is 1.47. The molecule has 0 aliphatic rings. The third-order valence-electron chi connectivity index (χ3n) is 2.50. The van der Waals surface area contributed by atoms with Crippen LogP contribution < -0.4 is 4.74 Å². The van der Waals surface area contributed by atoms with Gasteiger partial charge in [0.05, 0.1) is 15.7 Å². The zero-order chi connectivity index (χ0) is 13.1. The molecule has 0 aromatic heterocycles. The lowest BCUT2D eigenvalue weighted by molar-refractivity contribution is 0.0826. The van der Waals surface area contributed by atoms with E-state index in [4.69, 9.17) is 4.74 Å². The van der Waals surface area contributed by atoms with Gasteiger partial charge in [0.15, 0.2) is 0 Å². The molecule has 1 unspecified atom stereocenters. The Bertz CT molecular complexity index is 579. The van der Waals surface area contributed by atoms with Gasteiger partial charge in [-0.3, -0.25) is 4.21 Å². The smallest absolute Gasteiger partial charge is 0.272 e. The van der Waals surface area contributed by atoms with Crippen LogP contribution in [0, 0.1) is 0 Å². The molecule has 2 aromatic carbocycles. The molecule has 0 saturated heterocycles. The van der Waals surface area contributed by atoms with E-state index in [0.29, 0.717) is 16.0 Å². The first-order valence-corrected chi connectivity index (χ1v) is 6.91. The van der Waals surface area contributed by atoms with Crippen LogP contribution in [0.3, 0.4) is 0 Å². The summed E-state index contributed by atoms with van der Waals surface area (Å²) < 4.78 is 41.1. The molecule has 2 aromatic rings. The van der Waals surface area contributed by atoms with Crippen molar-refractivity contribution in [1.82, 2.24) is 0 Å². The Kier molecular flexibility index (Phi) is 3.91. The van der Waals surface area contributed by atoms with Crippen LogP contribution in [-0.4, -0.2) is 23.5 Å². The molecule has 2 nitrogen and oxygen atoms in total. The second-order valence-electron chi connectivity index (χ2n) is 3.77. The van der Waals surface area contributed by atoms with Crippen molar-refractivity contribution in [1.29, 1.82) is 0 Å². The second kappa shape index (κ2) is 5.44. The normalized spacial score (nSPS) is 12.9. The van der Waals surface area contributed by atoms with Crippen molar-refractivity contribution in [3.63, 3.8) is 0 Å². The minimum absolute atomic E-state index is 0.346. The highest BCUT2D eigenvalue weighted by molar-refractivity contribution is 7.84. The molecule has 0 amide bonds. The average Bonchev–Trinajstić information content (AvgIpc) is 2.35. The molecular weight excluding hydrogens is 258 g/mol. The Balaban J connectivity index is 2.55. The van der Waals surface area contributed by atoms with E-state index in [1.54, 1.807) is 30.5 Å². The molecule has 96 valence electrons. The van der Waals surface area contributed by atoms with Crippen molar-refractivity contribution in [3.8, 4) is 5.75 Å². The lowest BCUT2D eigenvalue weighted by Gasteiger charge is -2.11. The van der Waals surface area contributed by atoms with Gasteiger partial charge in [0.25, 0.3) is 6.43 Å². The molecule has 18 heavy (non-hydrogen) atoms. The number of alkyl halides is 2. The van der Waals surface area contributed by atoms with Gasteiger partial charge in [-0.25, -0.2) is 8.78 Å². The first-order valence-electron chi connectivity index (χ1n) is 5.35. The van der Waals surface area contributed by atoms with Gasteiger partial charge in [0.2, 0.25) is 0 Å². The number of ether oxygens (including phenoxy) is 1. The lowest BCUT2D eigenvalue weighted by atomic mass is 10.1. The number of hydrogen-bond acceptors (Lipinski definition) is 2. The SMILES string of the molecule is CS(=O)c1cccc2cccc(OCC(F)F)c12. The fourth-order valence-corrected chi connectivity index (χ4v) is 2.56. The monoisotopic (exact) mass is 270 g/mol. The molecule has 0 saturated carbocycles. The predicted molar refractivity (Wildman–Crippen MR) is 67.8 cm³/mol. The van der Waals surface area contributed by atoms with Crippen molar-refractivity contribution < 1.29 is 17.7 Å². The van der Waals surface area contributed by atoms with Gasteiger partial charge in [0.1, 0.15) is 12.4 Å². The molecule has 0 heterocycles. The van der Waals surface area contributed by atoms with Crippen LogP contribution in [0.2, 0.25) is 0 Å². The predicted octanol–water partition coefficient (Wildman–Crippen LogP) is 3.22. The second-order valence-corrected chi connectivity index (χ2v) is 5.11. The van der Waals surface area contributed by atoms with Crippen LogP contribution in [0.15, 0.2) is 41.3 Å². The van der Waals surface area contributed by atoms with Crippen LogP contribution in [0.25, 0.3) is 10.8 Å². The number of fused-ring (bicyclic) bond motifs is 1. The van der Waals surface area contributed by atoms with E-state index in [1.165, 1.54) is 0 Å². The maximum Gasteiger partial charge on any atom is 0.272 e. The van der Waals surface area contributed by atoms with Gasteiger partial charge < -0.3 is 4.74 Å². The van der Waals surface area contributed by atoms with Gasteiger partial charge >= 0.3 is 0 Å². The number of rotatable bonds is 4. The topological polar surface area (TPSA) is 26.3 Å². The van der Waals surface area contributed by atoms with Gasteiger partial charge in [-0.05, 0) is 17.5 Å². The van der Waals surface area contributed by atoms with Gasteiger partial charge in [0, 0.05) is 11.6 Å². The number of halogens is 2. The molecule has 0 N–H and O–H groups in total. The molecule has 5 heteroatoms. The van der Waals surface area contributed by atoms with Gasteiger partial charge in [-0.15, -0.1) is 0 Å². The maximum atomic E-state index is 12.2. The molecule has 0 spiro atoms. The fraction of sp³-hybridized carbons (Fsp3) is 0.231. The van der Waals surface area contributed by atoms with E-state index >= 15 is 0 Å².